The third-order valence-corrected chi connectivity index (χ3v) is 1.34. The highest BCUT2D eigenvalue weighted by molar-refractivity contribution is 5.77. The molecule has 0 unspecified atom stereocenters. The van der Waals surface area contributed by atoms with Crippen molar-refractivity contribution in [2.75, 3.05) is 13.1 Å². The molecule has 2 N–H and O–H groups in total. The second-order valence-electron chi connectivity index (χ2n) is 2.96. The molecule has 0 fully saturated rings. The van der Waals surface area contributed by atoms with Gasteiger partial charge in [0.05, 0.1) is 6.54 Å². The number of hydrogen-bond acceptors (Lipinski definition) is 2. The number of amides is 1. The zero-order valence-corrected chi connectivity index (χ0v) is 7.89. The van der Waals surface area contributed by atoms with E-state index in [9.17, 15) is 4.79 Å². The molecule has 3 heteroatoms. The molecule has 0 radical (unpaired) electrons. The fraction of sp³-hybridized carbons (Fsp3) is 0.667. The largest absolute Gasteiger partial charge is 0.355 e. The van der Waals surface area contributed by atoms with Crippen molar-refractivity contribution in [3.05, 3.63) is 12.7 Å². The van der Waals surface area contributed by atoms with Gasteiger partial charge in [-0.25, -0.2) is 0 Å². The van der Waals surface area contributed by atoms with Gasteiger partial charge in [0.1, 0.15) is 0 Å². The van der Waals surface area contributed by atoms with Crippen molar-refractivity contribution in [3.63, 3.8) is 0 Å². The molecule has 0 saturated heterocycles. The number of rotatable bonds is 6. The van der Waals surface area contributed by atoms with Crippen LogP contribution < -0.4 is 10.6 Å². The SMILES string of the molecule is C=CCCNC(=O)CNC(C)C. The maximum atomic E-state index is 11.0. The second-order valence-corrected chi connectivity index (χ2v) is 2.96. The molecule has 0 atom stereocenters. The number of carbonyl (C=O) groups is 1. The quantitative estimate of drug-likeness (QED) is 0.454. The zero-order valence-electron chi connectivity index (χ0n) is 7.89. The Labute approximate surface area is 74.2 Å². The Morgan fingerprint density at radius 3 is 2.75 bits per heavy atom. The summed E-state index contributed by atoms with van der Waals surface area (Å²) < 4.78 is 0. The van der Waals surface area contributed by atoms with Gasteiger partial charge in [-0.3, -0.25) is 4.79 Å². The fourth-order valence-electron chi connectivity index (χ4n) is 0.673. The molecule has 0 spiro atoms. The molecule has 70 valence electrons. The van der Waals surface area contributed by atoms with E-state index in [-0.39, 0.29) is 5.91 Å². The first-order valence-corrected chi connectivity index (χ1v) is 4.27. The predicted octanol–water partition coefficient (Wildman–Crippen LogP) is 0.677. The maximum Gasteiger partial charge on any atom is 0.233 e. The van der Waals surface area contributed by atoms with E-state index in [1.165, 1.54) is 0 Å². The molecule has 0 aliphatic heterocycles. The molecule has 0 aromatic carbocycles. The first-order valence-electron chi connectivity index (χ1n) is 4.27. The summed E-state index contributed by atoms with van der Waals surface area (Å²) >= 11 is 0. The molecule has 0 aliphatic rings. The van der Waals surface area contributed by atoms with Crippen LogP contribution in [0.1, 0.15) is 20.3 Å². The minimum atomic E-state index is 0.0468. The highest BCUT2D eigenvalue weighted by Gasteiger charge is 1.99. The highest BCUT2D eigenvalue weighted by Crippen LogP contribution is 1.77. The lowest BCUT2D eigenvalue weighted by Crippen LogP contribution is -2.37. The fourth-order valence-corrected chi connectivity index (χ4v) is 0.673. The summed E-state index contributed by atoms with van der Waals surface area (Å²) in [6.45, 7) is 8.67. The van der Waals surface area contributed by atoms with Gasteiger partial charge >= 0.3 is 0 Å². The third kappa shape index (κ3) is 7.28. The van der Waals surface area contributed by atoms with Gasteiger partial charge in [-0.1, -0.05) is 19.9 Å². The van der Waals surface area contributed by atoms with E-state index in [1.807, 2.05) is 13.8 Å². The van der Waals surface area contributed by atoms with E-state index < -0.39 is 0 Å². The number of hydrogen-bond donors (Lipinski definition) is 2. The van der Waals surface area contributed by atoms with Gasteiger partial charge in [0, 0.05) is 12.6 Å². The van der Waals surface area contributed by atoms with Crippen LogP contribution in [-0.2, 0) is 4.79 Å². The van der Waals surface area contributed by atoms with Crippen LogP contribution >= 0.6 is 0 Å². The molecule has 12 heavy (non-hydrogen) atoms. The van der Waals surface area contributed by atoms with E-state index in [1.54, 1.807) is 6.08 Å². The number of nitrogens with one attached hydrogen (secondary N) is 2. The van der Waals surface area contributed by atoms with Gasteiger partial charge in [-0.15, -0.1) is 6.58 Å². The summed E-state index contributed by atoms with van der Waals surface area (Å²) in [5.74, 6) is 0.0468. The molecular formula is C9H18N2O. The van der Waals surface area contributed by atoms with Crippen LogP contribution in [0.2, 0.25) is 0 Å². The Balaban J connectivity index is 3.27. The smallest absolute Gasteiger partial charge is 0.233 e. The van der Waals surface area contributed by atoms with Crippen LogP contribution in [0.25, 0.3) is 0 Å². The van der Waals surface area contributed by atoms with Crippen molar-refractivity contribution in [1.29, 1.82) is 0 Å². The first-order chi connectivity index (χ1) is 5.66. The van der Waals surface area contributed by atoms with E-state index in [0.717, 1.165) is 6.42 Å². The standard InChI is InChI=1S/C9H18N2O/c1-4-5-6-10-9(12)7-11-8(2)3/h4,8,11H,1,5-7H2,2-3H3,(H,10,12). The summed E-state index contributed by atoms with van der Waals surface area (Å²) in [6.07, 6.45) is 2.61. The Morgan fingerprint density at radius 1 is 1.58 bits per heavy atom. The average molecular weight is 170 g/mol. The van der Waals surface area contributed by atoms with Crippen LogP contribution in [0.5, 0.6) is 0 Å². The summed E-state index contributed by atoms with van der Waals surface area (Å²) in [5, 5.41) is 5.80. The Kier molecular flexibility index (Phi) is 6.38. The Morgan fingerprint density at radius 2 is 2.25 bits per heavy atom. The molecule has 0 aliphatic carbocycles. The molecule has 1 amide bonds. The van der Waals surface area contributed by atoms with Gasteiger partial charge in [0.15, 0.2) is 0 Å². The molecular weight excluding hydrogens is 152 g/mol. The molecule has 0 saturated carbocycles. The monoisotopic (exact) mass is 170 g/mol. The van der Waals surface area contributed by atoms with Crippen LogP contribution in [0.15, 0.2) is 12.7 Å². The van der Waals surface area contributed by atoms with Crippen molar-refractivity contribution in [1.82, 2.24) is 10.6 Å². The minimum Gasteiger partial charge on any atom is -0.355 e. The van der Waals surface area contributed by atoms with Crippen molar-refractivity contribution in [3.8, 4) is 0 Å². The zero-order chi connectivity index (χ0) is 9.40. The average Bonchev–Trinajstić information content (AvgIpc) is 2.01. The Hall–Kier alpha value is -0.830. The summed E-state index contributed by atoms with van der Waals surface area (Å²) in [4.78, 5) is 11.0. The third-order valence-electron chi connectivity index (χ3n) is 1.34. The molecule has 0 aromatic rings. The van der Waals surface area contributed by atoms with Gasteiger partial charge in [0.2, 0.25) is 5.91 Å². The molecule has 3 nitrogen and oxygen atoms in total. The maximum absolute atomic E-state index is 11.0. The van der Waals surface area contributed by atoms with E-state index in [2.05, 4.69) is 17.2 Å². The van der Waals surface area contributed by atoms with Crippen LogP contribution in [0, 0.1) is 0 Å². The lowest BCUT2D eigenvalue weighted by Gasteiger charge is -2.07. The van der Waals surface area contributed by atoms with E-state index >= 15 is 0 Å². The number of carbonyl (C=O) groups excluding carboxylic acids is 1. The van der Waals surface area contributed by atoms with Gasteiger partial charge in [0.25, 0.3) is 0 Å². The molecule has 0 heterocycles. The lowest BCUT2D eigenvalue weighted by atomic mass is 10.4. The van der Waals surface area contributed by atoms with Gasteiger partial charge in [-0.2, -0.15) is 0 Å². The van der Waals surface area contributed by atoms with Crippen LogP contribution in [-0.4, -0.2) is 25.0 Å². The summed E-state index contributed by atoms with van der Waals surface area (Å²) in [5.41, 5.74) is 0. The molecule has 0 bridgehead atoms. The first kappa shape index (κ1) is 11.2. The lowest BCUT2D eigenvalue weighted by molar-refractivity contribution is -0.120. The Bertz CT molecular complexity index is 143. The van der Waals surface area contributed by atoms with E-state index in [4.69, 9.17) is 0 Å². The summed E-state index contributed by atoms with van der Waals surface area (Å²) in [7, 11) is 0. The van der Waals surface area contributed by atoms with Crippen molar-refractivity contribution >= 4 is 5.91 Å². The van der Waals surface area contributed by atoms with Crippen molar-refractivity contribution in [2.24, 2.45) is 0 Å². The van der Waals surface area contributed by atoms with E-state index in [0.29, 0.717) is 19.1 Å². The summed E-state index contributed by atoms with van der Waals surface area (Å²) in [6, 6.07) is 0.357. The topological polar surface area (TPSA) is 41.1 Å². The van der Waals surface area contributed by atoms with Crippen LogP contribution in [0.3, 0.4) is 0 Å². The van der Waals surface area contributed by atoms with Crippen LogP contribution in [0.4, 0.5) is 0 Å². The van der Waals surface area contributed by atoms with Crippen molar-refractivity contribution in [2.45, 2.75) is 26.3 Å². The second kappa shape index (κ2) is 6.85. The highest BCUT2D eigenvalue weighted by atomic mass is 16.1. The van der Waals surface area contributed by atoms with Crippen molar-refractivity contribution < 1.29 is 4.79 Å². The van der Waals surface area contributed by atoms with Gasteiger partial charge < -0.3 is 10.6 Å². The minimum absolute atomic E-state index is 0.0468. The predicted molar refractivity (Wildman–Crippen MR) is 51.0 cm³/mol. The molecule has 0 rings (SSSR count). The normalized spacial score (nSPS) is 9.92. The molecule has 0 aromatic heterocycles. The van der Waals surface area contributed by atoms with Gasteiger partial charge in [-0.05, 0) is 6.42 Å².